The fourth-order valence-electron chi connectivity index (χ4n) is 2.08. The number of benzene rings is 2. The molecule has 0 atom stereocenters. The Balaban J connectivity index is 2.03. The van der Waals surface area contributed by atoms with Gasteiger partial charge in [-0.3, -0.25) is 30.3 Å². The number of hydrogen-bond donors (Lipinski definition) is 2. The van der Waals surface area contributed by atoms with Crippen LogP contribution < -0.4 is 10.6 Å². The van der Waals surface area contributed by atoms with Gasteiger partial charge in [-0.1, -0.05) is 12.1 Å². The van der Waals surface area contributed by atoms with Crippen LogP contribution in [0.25, 0.3) is 0 Å². The van der Waals surface area contributed by atoms with Crippen LogP contribution in [0, 0.1) is 20.2 Å². The van der Waals surface area contributed by atoms with Gasteiger partial charge in [0.25, 0.3) is 17.3 Å². The molecule has 0 bridgehead atoms. The molecule has 0 aromatic heterocycles. The normalized spacial score (nSPS) is 10.1. The van der Waals surface area contributed by atoms with Gasteiger partial charge < -0.3 is 5.32 Å². The van der Waals surface area contributed by atoms with Gasteiger partial charge >= 0.3 is 0 Å². The van der Waals surface area contributed by atoms with Gasteiger partial charge in [-0.2, -0.15) is 0 Å². The van der Waals surface area contributed by atoms with E-state index in [1.807, 2.05) is 30.5 Å². The van der Waals surface area contributed by atoms with Gasteiger partial charge in [0.05, 0.1) is 21.5 Å². The van der Waals surface area contributed by atoms with Crippen molar-refractivity contribution in [1.82, 2.24) is 10.6 Å². The van der Waals surface area contributed by atoms with E-state index in [0.717, 1.165) is 28.7 Å². The Kier molecular flexibility index (Phi) is 6.79. The molecule has 11 heteroatoms. The Labute approximate surface area is 163 Å². The summed E-state index contributed by atoms with van der Waals surface area (Å²) in [5.74, 6) is -0.781. The molecule has 2 rings (SSSR count). The number of thiocarbonyl (C=S) groups is 1. The molecule has 1 amide bonds. The number of rotatable bonds is 6. The number of nitro benzene ring substituents is 2. The van der Waals surface area contributed by atoms with Gasteiger partial charge in [0.1, 0.15) is 0 Å². The molecule has 27 heavy (non-hydrogen) atoms. The fourth-order valence-corrected chi connectivity index (χ4v) is 2.66. The molecular formula is C16H14N4O5S2. The second-order valence-electron chi connectivity index (χ2n) is 5.24. The largest absolute Gasteiger partial charge is 0.358 e. The van der Waals surface area contributed by atoms with E-state index in [-0.39, 0.29) is 10.7 Å². The van der Waals surface area contributed by atoms with Gasteiger partial charge in [0, 0.05) is 23.6 Å². The highest BCUT2D eigenvalue weighted by atomic mass is 32.2. The van der Waals surface area contributed by atoms with Gasteiger partial charge in [0.15, 0.2) is 5.11 Å². The maximum atomic E-state index is 12.2. The summed E-state index contributed by atoms with van der Waals surface area (Å²) in [6.07, 6.45) is 1.97. The summed E-state index contributed by atoms with van der Waals surface area (Å²) in [4.78, 5) is 33.5. The van der Waals surface area contributed by atoms with Gasteiger partial charge in [-0.05, 0) is 36.2 Å². The molecule has 0 fully saturated rings. The number of nitrogens with one attached hydrogen (secondary N) is 2. The highest BCUT2D eigenvalue weighted by Gasteiger charge is 2.20. The minimum Gasteiger partial charge on any atom is -0.358 e. The number of thioether (sulfide) groups is 1. The quantitative estimate of drug-likeness (QED) is 0.324. The standard InChI is InChI=1S/C16H14N4O5S2/c1-27-14-4-2-10(3-5-14)9-17-16(26)18-15(21)11-6-12(19(22)23)8-13(7-11)20(24)25/h2-8H,9H2,1H3,(H2,17,18,21,26). The first-order chi connectivity index (χ1) is 12.8. The first-order valence-corrected chi connectivity index (χ1v) is 9.09. The Morgan fingerprint density at radius 2 is 1.63 bits per heavy atom. The van der Waals surface area contributed by atoms with Crippen LogP contribution in [0.3, 0.4) is 0 Å². The van der Waals surface area contributed by atoms with Crippen molar-refractivity contribution in [2.24, 2.45) is 0 Å². The van der Waals surface area contributed by atoms with Crippen LogP contribution >= 0.6 is 24.0 Å². The van der Waals surface area contributed by atoms with Crippen molar-refractivity contribution in [3.63, 3.8) is 0 Å². The van der Waals surface area contributed by atoms with Crippen LogP contribution in [0.1, 0.15) is 15.9 Å². The number of amides is 1. The first kappa shape index (κ1) is 20.3. The number of nitrogens with zero attached hydrogens (tertiary/aromatic N) is 2. The zero-order valence-electron chi connectivity index (χ0n) is 14.0. The fraction of sp³-hybridized carbons (Fsp3) is 0.125. The highest BCUT2D eigenvalue weighted by molar-refractivity contribution is 7.98. The summed E-state index contributed by atoms with van der Waals surface area (Å²) in [6.45, 7) is 0.364. The van der Waals surface area contributed by atoms with Crippen molar-refractivity contribution >= 4 is 46.4 Å². The van der Waals surface area contributed by atoms with E-state index in [1.54, 1.807) is 11.8 Å². The summed E-state index contributed by atoms with van der Waals surface area (Å²) in [6, 6.07) is 10.4. The maximum absolute atomic E-state index is 12.2. The summed E-state index contributed by atoms with van der Waals surface area (Å²) in [5.41, 5.74) is -0.399. The van der Waals surface area contributed by atoms with Crippen LogP contribution in [0.4, 0.5) is 11.4 Å². The molecule has 140 valence electrons. The molecule has 0 aliphatic heterocycles. The smallest absolute Gasteiger partial charge is 0.277 e. The Hall–Kier alpha value is -3.05. The second kappa shape index (κ2) is 9.05. The lowest BCUT2D eigenvalue weighted by atomic mass is 10.1. The molecule has 0 aliphatic rings. The van der Waals surface area contributed by atoms with Crippen LogP contribution in [0.5, 0.6) is 0 Å². The van der Waals surface area contributed by atoms with Crippen molar-refractivity contribution < 1.29 is 14.6 Å². The molecule has 2 N–H and O–H groups in total. The van der Waals surface area contributed by atoms with Gasteiger partial charge in [-0.15, -0.1) is 11.8 Å². The zero-order chi connectivity index (χ0) is 20.0. The average molecular weight is 406 g/mol. The van der Waals surface area contributed by atoms with Gasteiger partial charge in [0.2, 0.25) is 0 Å². The number of carbonyl (C=O) groups is 1. The first-order valence-electron chi connectivity index (χ1n) is 7.46. The van der Waals surface area contributed by atoms with Crippen LogP contribution in [0.2, 0.25) is 0 Å². The van der Waals surface area contributed by atoms with E-state index < -0.39 is 27.1 Å². The molecule has 0 unspecified atom stereocenters. The molecule has 2 aromatic rings. The second-order valence-corrected chi connectivity index (χ2v) is 6.53. The molecule has 0 aliphatic carbocycles. The van der Waals surface area contributed by atoms with E-state index in [2.05, 4.69) is 10.6 Å². The molecule has 0 heterocycles. The molecule has 9 nitrogen and oxygen atoms in total. The lowest BCUT2D eigenvalue weighted by molar-refractivity contribution is -0.394. The molecule has 0 radical (unpaired) electrons. The zero-order valence-corrected chi connectivity index (χ0v) is 15.6. The number of hydrogen-bond acceptors (Lipinski definition) is 7. The lowest BCUT2D eigenvalue weighted by Gasteiger charge is -2.10. The Bertz CT molecular complexity index is 870. The van der Waals surface area contributed by atoms with Crippen LogP contribution in [0.15, 0.2) is 47.4 Å². The summed E-state index contributed by atoms with van der Waals surface area (Å²) in [7, 11) is 0. The molecule has 0 saturated carbocycles. The minimum atomic E-state index is -0.807. The van der Waals surface area contributed by atoms with E-state index in [4.69, 9.17) is 12.2 Å². The van der Waals surface area contributed by atoms with Crippen molar-refractivity contribution in [2.75, 3.05) is 6.26 Å². The summed E-state index contributed by atoms with van der Waals surface area (Å²) in [5, 5.41) is 27.0. The predicted molar refractivity (Wildman–Crippen MR) is 105 cm³/mol. The van der Waals surface area contributed by atoms with E-state index in [9.17, 15) is 25.0 Å². The number of carbonyl (C=O) groups excluding carboxylic acids is 1. The monoisotopic (exact) mass is 406 g/mol. The van der Waals surface area contributed by atoms with E-state index in [1.165, 1.54) is 0 Å². The van der Waals surface area contributed by atoms with Crippen molar-refractivity contribution in [2.45, 2.75) is 11.4 Å². The van der Waals surface area contributed by atoms with Crippen molar-refractivity contribution in [3.8, 4) is 0 Å². The summed E-state index contributed by atoms with van der Waals surface area (Å²) >= 11 is 6.65. The third-order valence-electron chi connectivity index (χ3n) is 3.43. The molecule has 0 spiro atoms. The van der Waals surface area contributed by atoms with Gasteiger partial charge in [-0.25, -0.2) is 0 Å². The SMILES string of the molecule is CSc1ccc(CNC(=S)NC(=O)c2cc([N+](=O)[O-])cc([N+](=O)[O-])c2)cc1. The van der Waals surface area contributed by atoms with E-state index in [0.29, 0.717) is 6.54 Å². The van der Waals surface area contributed by atoms with Crippen LogP contribution in [-0.2, 0) is 6.54 Å². The Morgan fingerprint density at radius 3 is 2.11 bits per heavy atom. The minimum absolute atomic E-state index is 0.00287. The lowest BCUT2D eigenvalue weighted by Crippen LogP contribution is -2.38. The summed E-state index contributed by atoms with van der Waals surface area (Å²) < 4.78 is 0. The van der Waals surface area contributed by atoms with Crippen LogP contribution in [-0.4, -0.2) is 27.1 Å². The topological polar surface area (TPSA) is 127 Å². The molecule has 2 aromatic carbocycles. The number of non-ortho nitro benzene ring substituents is 2. The molecular weight excluding hydrogens is 392 g/mol. The third-order valence-corrected chi connectivity index (χ3v) is 4.42. The highest BCUT2D eigenvalue weighted by Crippen LogP contribution is 2.22. The average Bonchev–Trinajstić information content (AvgIpc) is 2.66. The van der Waals surface area contributed by atoms with E-state index >= 15 is 0 Å². The Morgan fingerprint density at radius 1 is 1.07 bits per heavy atom. The third kappa shape index (κ3) is 5.72. The maximum Gasteiger partial charge on any atom is 0.277 e. The number of nitro groups is 2. The van der Waals surface area contributed by atoms with Crippen molar-refractivity contribution in [3.05, 3.63) is 73.8 Å². The predicted octanol–water partition coefficient (Wildman–Crippen LogP) is 3.03. The van der Waals surface area contributed by atoms with Crippen molar-refractivity contribution in [1.29, 1.82) is 0 Å². The molecule has 0 saturated heterocycles.